The molecule has 0 bridgehead atoms. The fourth-order valence-corrected chi connectivity index (χ4v) is 3.87. The molecule has 8 heteroatoms. The van der Waals surface area contributed by atoms with Crippen LogP contribution in [-0.4, -0.2) is 34.0 Å². The van der Waals surface area contributed by atoms with Crippen molar-refractivity contribution in [3.8, 4) is 17.3 Å². The summed E-state index contributed by atoms with van der Waals surface area (Å²) in [5.41, 5.74) is 3.02. The van der Waals surface area contributed by atoms with Crippen molar-refractivity contribution in [3.05, 3.63) is 71.9 Å². The maximum absolute atomic E-state index is 12.3. The number of hydrogen-bond donors (Lipinski definition) is 2. The molecule has 3 heterocycles. The first-order valence-corrected chi connectivity index (χ1v) is 11.0. The van der Waals surface area contributed by atoms with E-state index in [1.807, 2.05) is 72.3 Å². The number of anilines is 1. The summed E-state index contributed by atoms with van der Waals surface area (Å²) < 4.78 is 12.8. The van der Waals surface area contributed by atoms with Gasteiger partial charge in [-0.2, -0.15) is 0 Å². The molecule has 2 N–H and O–H groups in total. The molecule has 0 aliphatic carbocycles. The number of para-hydroxylation sites is 1. The van der Waals surface area contributed by atoms with Crippen LogP contribution in [0.25, 0.3) is 16.7 Å². The Morgan fingerprint density at radius 3 is 2.79 bits per heavy atom. The van der Waals surface area contributed by atoms with Crippen molar-refractivity contribution in [2.75, 3.05) is 18.7 Å². The molecule has 168 valence electrons. The molecule has 0 fully saturated rings. The highest BCUT2D eigenvalue weighted by Crippen LogP contribution is 2.32. The van der Waals surface area contributed by atoms with E-state index in [-0.39, 0.29) is 12.7 Å². The van der Waals surface area contributed by atoms with Crippen LogP contribution in [0.4, 0.5) is 5.82 Å². The summed E-state index contributed by atoms with van der Waals surface area (Å²) in [6.07, 6.45) is 3.22. The summed E-state index contributed by atoms with van der Waals surface area (Å²) in [5, 5.41) is 16.0. The van der Waals surface area contributed by atoms with Crippen molar-refractivity contribution in [1.29, 1.82) is 0 Å². The van der Waals surface area contributed by atoms with Crippen LogP contribution < -0.4 is 20.1 Å². The molecule has 0 saturated heterocycles. The Labute approximate surface area is 191 Å². The molecule has 0 atom stereocenters. The van der Waals surface area contributed by atoms with Gasteiger partial charge in [0.2, 0.25) is 12.7 Å². The van der Waals surface area contributed by atoms with Crippen LogP contribution >= 0.6 is 0 Å². The van der Waals surface area contributed by atoms with E-state index >= 15 is 0 Å². The molecule has 0 unspecified atom stereocenters. The molecule has 0 radical (unpaired) electrons. The van der Waals surface area contributed by atoms with E-state index in [0.717, 1.165) is 39.9 Å². The van der Waals surface area contributed by atoms with Gasteiger partial charge in [-0.05, 0) is 47.9 Å². The summed E-state index contributed by atoms with van der Waals surface area (Å²) in [6, 6.07) is 17.7. The molecule has 0 spiro atoms. The first-order chi connectivity index (χ1) is 16.2. The van der Waals surface area contributed by atoms with Gasteiger partial charge < -0.3 is 20.1 Å². The van der Waals surface area contributed by atoms with Crippen molar-refractivity contribution in [2.24, 2.45) is 0 Å². The average molecular weight is 444 g/mol. The number of hydrogen-bond acceptors (Lipinski definition) is 6. The van der Waals surface area contributed by atoms with E-state index in [2.05, 4.69) is 20.8 Å². The Balaban J connectivity index is 1.32. The number of ether oxygens (including phenoxy) is 2. The predicted molar refractivity (Wildman–Crippen MR) is 126 cm³/mol. The van der Waals surface area contributed by atoms with Gasteiger partial charge in [0.1, 0.15) is 5.82 Å². The maximum atomic E-state index is 12.3. The van der Waals surface area contributed by atoms with Gasteiger partial charge in [0.15, 0.2) is 17.3 Å². The largest absolute Gasteiger partial charge is 0.454 e. The molecule has 33 heavy (non-hydrogen) atoms. The molecule has 1 amide bonds. The standard InChI is InChI=1S/C25H25N5O3/c1-2-11-26-25(31)13-18-15-30(20-6-4-3-5-19(18)20)24-10-9-23(28-29-24)27-14-17-7-8-21-22(12-17)33-16-32-21/h3-10,12,15H,2,11,13-14,16H2,1H3,(H,26,31)(H,27,28). The quantitative estimate of drug-likeness (QED) is 0.430. The molecular formula is C25H25N5O3. The van der Waals surface area contributed by atoms with Crippen LogP contribution in [0.2, 0.25) is 0 Å². The average Bonchev–Trinajstić information content (AvgIpc) is 3.46. The number of rotatable bonds is 8. The number of amides is 1. The van der Waals surface area contributed by atoms with Gasteiger partial charge in [0.05, 0.1) is 11.9 Å². The summed E-state index contributed by atoms with van der Waals surface area (Å²) in [5.74, 6) is 2.92. The minimum absolute atomic E-state index is 0.0221. The first-order valence-electron chi connectivity index (χ1n) is 11.0. The summed E-state index contributed by atoms with van der Waals surface area (Å²) in [7, 11) is 0. The molecule has 2 aromatic carbocycles. The third-order valence-electron chi connectivity index (χ3n) is 5.53. The second-order valence-electron chi connectivity index (χ2n) is 7.89. The first kappa shape index (κ1) is 20.8. The molecule has 4 aromatic rings. The minimum Gasteiger partial charge on any atom is -0.454 e. The molecule has 1 aliphatic heterocycles. The van der Waals surface area contributed by atoms with Crippen LogP contribution in [-0.2, 0) is 17.8 Å². The number of nitrogens with zero attached hydrogens (tertiary/aromatic N) is 3. The molecule has 5 rings (SSSR count). The number of nitrogens with one attached hydrogen (secondary N) is 2. The van der Waals surface area contributed by atoms with Crippen molar-refractivity contribution in [2.45, 2.75) is 26.3 Å². The topological polar surface area (TPSA) is 90.3 Å². The molecule has 8 nitrogen and oxygen atoms in total. The number of fused-ring (bicyclic) bond motifs is 2. The molecule has 2 aromatic heterocycles. The lowest BCUT2D eigenvalue weighted by molar-refractivity contribution is -0.120. The van der Waals surface area contributed by atoms with Gasteiger partial charge in [-0.1, -0.05) is 31.2 Å². The Morgan fingerprint density at radius 2 is 1.94 bits per heavy atom. The van der Waals surface area contributed by atoms with E-state index in [4.69, 9.17) is 9.47 Å². The second-order valence-corrected chi connectivity index (χ2v) is 7.89. The zero-order valence-corrected chi connectivity index (χ0v) is 18.4. The van der Waals surface area contributed by atoms with Gasteiger partial charge in [-0.25, -0.2) is 0 Å². The zero-order valence-electron chi connectivity index (χ0n) is 18.4. The predicted octanol–water partition coefficient (Wildman–Crippen LogP) is 3.83. The highest BCUT2D eigenvalue weighted by molar-refractivity contribution is 5.90. The van der Waals surface area contributed by atoms with Gasteiger partial charge in [-0.3, -0.25) is 9.36 Å². The molecular weight excluding hydrogens is 418 g/mol. The van der Waals surface area contributed by atoms with Crippen LogP contribution in [0.3, 0.4) is 0 Å². The third kappa shape index (κ3) is 4.45. The Hall–Kier alpha value is -4.07. The maximum Gasteiger partial charge on any atom is 0.231 e. The fraction of sp³-hybridized carbons (Fsp3) is 0.240. The minimum atomic E-state index is 0.0221. The van der Waals surface area contributed by atoms with Crippen molar-refractivity contribution in [1.82, 2.24) is 20.1 Å². The van der Waals surface area contributed by atoms with Gasteiger partial charge in [0, 0.05) is 24.7 Å². The third-order valence-corrected chi connectivity index (χ3v) is 5.53. The molecule has 0 saturated carbocycles. The lowest BCUT2D eigenvalue weighted by Gasteiger charge is -2.08. The van der Waals surface area contributed by atoms with Gasteiger partial charge in [0.25, 0.3) is 0 Å². The number of carbonyl (C=O) groups is 1. The number of aromatic nitrogens is 3. The van der Waals surface area contributed by atoms with Crippen LogP contribution in [0.15, 0.2) is 60.8 Å². The summed E-state index contributed by atoms with van der Waals surface area (Å²) in [6.45, 7) is 3.58. The Kier molecular flexibility index (Phi) is 5.80. The van der Waals surface area contributed by atoms with E-state index in [1.54, 1.807) is 0 Å². The van der Waals surface area contributed by atoms with Crippen LogP contribution in [0.1, 0.15) is 24.5 Å². The second kappa shape index (κ2) is 9.20. The highest BCUT2D eigenvalue weighted by atomic mass is 16.7. The van der Waals surface area contributed by atoms with Crippen molar-refractivity contribution >= 4 is 22.6 Å². The summed E-state index contributed by atoms with van der Waals surface area (Å²) >= 11 is 0. The SMILES string of the molecule is CCCNC(=O)Cc1cn(-c2ccc(NCc3ccc4c(c3)OCO4)nn2)c2ccccc12. The van der Waals surface area contributed by atoms with Gasteiger partial charge in [-0.15, -0.1) is 10.2 Å². The Morgan fingerprint density at radius 1 is 1.06 bits per heavy atom. The summed E-state index contributed by atoms with van der Waals surface area (Å²) in [4.78, 5) is 12.3. The van der Waals surface area contributed by atoms with E-state index in [1.165, 1.54) is 0 Å². The van der Waals surface area contributed by atoms with E-state index in [9.17, 15) is 4.79 Å². The van der Waals surface area contributed by atoms with E-state index in [0.29, 0.717) is 31.1 Å². The molecule has 1 aliphatic rings. The van der Waals surface area contributed by atoms with Crippen LogP contribution in [0, 0.1) is 0 Å². The fourth-order valence-electron chi connectivity index (χ4n) is 3.87. The lowest BCUT2D eigenvalue weighted by atomic mass is 10.1. The number of carbonyl (C=O) groups excluding carboxylic acids is 1. The monoisotopic (exact) mass is 443 g/mol. The van der Waals surface area contributed by atoms with Crippen LogP contribution in [0.5, 0.6) is 11.5 Å². The van der Waals surface area contributed by atoms with Crippen molar-refractivity contribution in [3.63, 3.8) is 0 Å². The highest BCUT2D eigenvalue weighted by Gasteiger charge is 2.15. The normalized spacial score (nSPS) is 12.2. The van der Waals surface area contributed by atoms with E-state index < -0.39 is 0 Å². The smallest absolute Gasteiger partial charge is 0.231 e. The number of benzene rings is 2. The van der Waals surface area contributed by atoms with Gasteiger partial charge >= 0.3 is 0 Å². The Bertz CT molecular complexity index is 1280. The zero-order chi connectivity index (χ0) is 22.6. The lowest BCUT2D eigenvalue weighted by Crippen LogP contribution is -2.25. The van der Waals surface area contributed by atoms with Crippen molar-refractivity contribution < 1.29 is 14.3 Å².